The summed E-state index contributed by atoms with van der Waals surface area (Å²) in [5.41, 5.74) is 0.124. The number of hydrogen-bond acceptors (Lipinski definition) is 3. The number of aryl methyl sites for hydroxylation is 2. The lowest BCUT2D eigenvalue weighted by Gasteiger charge is -2.18. The van der Waals surface area contributed by atoms with Gasteiger partial charge in [-0.3, -0.25) is 9.59 Å². The maximum atomic E-state index is 12.2. The fourth-order valence-corrected chi connectivity index (χ4v) is 2.30. The average Bonchev–Trinajstić information content (AvgIpc) is 3.16. The van der Waals surface area contributed by atoms with Gasteiger partial charge in [0.1, 0.15) is 12.1 Å². The van der Waals surface area contributed by atoms with E-state index in [0.29, 0.717) is 11.3 Å². The van der Waals surface area contributed by atoms with E-state index in [1.807, 2.05) is 0 Å². The molecule has 1 saturated carbocycles. The Morgan fingerprint density at radius 2 is 2.00 bits per heavy atom. The van der Waals surface area contributed by atoms with Crippen LogP contribution in [0, 0.1) is 13.8 Å². The smallest absolute Gasteiger partial charge is 0.341 e. The summed E-state index contributed by atoms with van der Waals surface area (Å²) in [5, 5.41) is 9.09. The van der Waals surface area contributed by atoms with Crippen LogP contribution < -0.4 is 5.56 Å². The summed E-state index contributed by atoms with van der Waals surface area (Å²) in [7, 11) is 1.71. The molecule has 0 atom stereocenters. The SMILES string of the molecule is Cc1cc(C)n(CC(=O)N(C)C2CC2)c(=O)c1C(=O)O. The molecule has 0 radical (unpaired) electrons. The van der Waals surface area contributed by atoms with E-state index in [-0.39, 0.29) is 24.1 Å². The minimum Gasteiger partial charge on any atom is -0.477 e. The van der Waals surface area contributed by atoms with Crippen molar-refractivity contribution in [3.63, 3.8) is 0 Å². The second kappa shape index (κ2) is 5.11. The van der Waals surface area contributed by atoms with Gasteiger partial charge < -0.3 is 14.6 Å². The van der Waals surface area contributed by atoms with Crippen LogP contribution in [0.4, 0.5) is 0 Å². The monoisotopic (exact) mass is 278 g/mol. The van der Waals surface area contributed by atoms with Crippen molar-refractivity contribution in [2.75, 3.05) is 7.05 Å². The summed E-state index contributed by atoms with van der Waals surface area (Å²) >= 11 is 0. The number of rotatable bonds is 4. The van der Waals surface area contributed by atoms with Crippen molar-refractivity contribution in [3.8, 4) is 0 Å². The lowest BCUT2D eigenvalue weighted by Crippen LogP contribution is -2.37. The Morgan fingerprint density at radius 1 is 1.40 bits per heavy atom. The molecule has 1 aromatic rings. The number of carboxylic acids is 1. The van der Waals surface area contributed by atoms with Crippen LogP contribution in [0.2, 0.25) is 0 Å². The molecule has 2 rings (SSSR count). The van der Waals surface area contributed by atoms with E-state index < -0.39 is 11.5 Å². The van der Waals surface area contributed by atoms with Gasteiger partial charge in [-0.05, 0) is 38.3 Å². The third kappa shape index (κ3) is 2.59. The molecule has 6 heteroatoms. The Labute approximate surface area is 116 Å². The summed E-state index contributed by atoms with van der Waals surface area (Å²) in [6.07, 6.45) is 1.98. The summed E-state index contributed by atoms with van der Waals surface area (Å²) in [6.45, 7) is 3.17. The second-order valence-electron chi connectivity index (χ2n) is 5.28. The Balaban J connectivity index is 2.36. The fourth-order valence-electron chi connectivity index (χ4n) is 2.30. The average molecular weight is 278 g/mol. The molecular formula is C14H18N2O4. The molecule has 108 valence electrons. The van der Waals surface area contributed by atoms with Crippen molar-refractivity contribution in [2.24, 2.45) is 0 Å². The molecule has 1 N–H and O–H groups in total. The number of pyridine rings is 1. The summed E-state index contributed by atoms with van der Waals surface area (Å²) < 4.78 is 1.23. The molecular weight excluding hydrogens is 260 g/mol. The van der Waals surface area contributed by atoms with Crippen molar-refractivity contribution in [1.29, 1.82) is 0 Å². The van der Waals surface area contributed by atoms with Crippen LogP contribution >= 0.6 is 0 Å². The molecule has 1 amide bonds. The maximum absolute atomic E-state index is 12.2. The topological polar surface area (TPSA) is 79.6 Å². The highest BCUT2D eigenvalue weighted by molar-refractivity contribution is 5.89. The number of carbonyl (C=O) groups excluding carboxylic acids is 1. The minimum atomic E-state index is -1.26. The van der Waals surface area contributed by atoms with Crippen LogP contribution in [0.1, 0.15) is 34.5 Å². The van der Waals surface area contributed by atoms with Crippen LogP contribution in [0.3, 0.4) is 0 Å². The van der Waals surface area contributed by atoms with Gasteiger partial charge in [-0.25, -0.2) is 4.79 Å². The van der Waals surface area contributed by atoms with Crippen LogP contribution in [0.15, 0.2) is 10.9 Å². The third-order valence-electron chi connectivity index (χ3n) is 3.70. The maximum Gasteiger partial charge on any atom is 0.341 e. The molecule has 1 aromatic heterocycles. The molecule has 0 aliphatic heterocycles. The lowest BCUT2D eigenvalue weighted by molar-refractivity contribution is -0.131. The van der Waals surface area contributed by atoms with Gasteiger partial charge in [0, 0.05) is 18.8 Å². The minimum absolute atomic E-state index is 0.113. The predicted molar refractivity (Wildman–Crippen MR) is 72.9 cm³/mol. The molecule has 1 aliphatic carbocycles. The summed E-state index contributed by atoms with van der Waals surface area (Å²) in [4.78, 5) is 37.1. The molecule has 1 aliphatic rings. The molecule has 6 nitrogen and oxygen atoms in total. The van der Waals surface area contributed by atoms with Crippen molar-refractivity contribution >= 4 is 11.9 Å². The quantitative estimate of drug-likeness (QED) is 0.882. The molecule has 1 fully saturated rings. The van der Waals surface area contributed by atoms with Crippen molar-refractivity contribution < 1.29 is 14.7 Å². The Morgan fingerprint density at radius 3 is 2.50 bits per heavy atom. The van der Waals surface area contributed by atoms with Crippen molar-refractivity contribution in [1.82, 2.24) is 9.47 Å². The van der Waals surface area contributed by atoms with Gasteiger partial charge in [0.25, 0.3) is 5.56 Å². The lowest BCUT2D eigenvalue weighted by atomic mass is 10.1. The highest BCUT2D eigenvalue weighted by Gasteiger charge is 2.30. The van der Waals surface area contributed by atoms with E-state index >= 15 is 0 Å². The van der Waals surface area contributed by atoms with Gasteiger partial charge in [-0.1, -0.05) is 0 Å². The molecule has 0 saturated heterocycles. The van der Waals surface area contributed by atoms with Crippen LogP contribution in [-0.4, -0.2) is 39.5 Å². The fraction of sp³-hybridized carbons (Fsp3) is 0.500. The predicted octanol–water partition coefficient (Wildman–Crippen LogP) is 0.784. The third-order valence-corrected chi connectivity index (χ3v) is 3.70. The van der Waals surface area contributed by atoms with Crippen molar-refractivity contribution in [3.05, 3.63) is 33.2 Å². The first-order valence-electron chi connectivity index (χ1n) is 6.53. The van der Waals surface area contributed by atoms with E-state index in [0.717, 1.165) is 12.8 Å². The van der Waals surface area contributed by atoms with Gasteiger partial charge in [0.2, 0.25) is 5.91 Å². The number of amides is 1. The number of aromatic nitrogens is 1. The van der Waals surface area contributed by atoms with E-state index in [1.165, 1.54) is 4.57 Å². The molecule has 0 unspecified atom stereocenters. The normalized spacial score (nSPS) is 14.2. The van der Waals surface area contributed by atoms with Crippen LogP contribution in [0.25, 0.3) is 0 Å². The Kier molecular flexibility index (Phi) is 3.65. The molecule has 20 heavy (non-hydrogen) atoms. The van der Waals surface area contributed by atoms with E-state index in [4.69, 9.17) is 5.11 Å². The van der Waals surface area contributed by atoms with Gasteiger partial charge in [0.05, 0.1) is 0 Å². The molecule has 0 spiro atoms. The number of nitrogens with zero attached hydrogens (tertiary/aromatic N) is 2. The number of carbonyl (C=O) groups is 2. The highest BCUT2D eigenvalue weighted by Crippen LogP contribution is 2.25. The largest absolute Gasteiger partial charge is 0.477 e. The number of likely N-dealkylation sites (N-methyl/N-ethyl adjacent to an activating group) is 1. The zero-order valence-corrected chi connectivity index (χ0v) is 11.8. The van der Waals surface area contributed by atoms with Gasteiger partial charge >= 0.3 is 5.97 Å². The zero-order valence-electron chi connectivity index (χ0n) is 11.8. The molecule has 0 bridgehead atoms. The first-order chi connectivity index (χ1) is 9.32. The standard InChI is InChI=1S/C14H18N2O4/c1-8-6-9(2)16(13(18)12(8)14(19)20)7-11(17)15(3)10-4-5-10/h6,10H,4-5,7H2,1-3H3,(H,19,20). The Bertz CT molecular complexity index is 629. The second-order valence-corrected chi connectivity index (χ2v) is 5.28. The molecule has 1 heterocycles. The Hall–Kier alpha value is -2.11. The summed E-state index contributed by atoms with van der Waals surface area (Å²) in [5.74, 6) is -1.43. The highest BCUT2D eigenvalue weighted by atomic mass is 16.4. The first-order valence-corrected chi connectivity index (χ1v) is 6.53. The van der Waals surface area contributed by atoms with Gasteiger partial charge in [-0.15, -0.1) is 0 Å². The summed E-state index contributed by atoms with van der Waals surface area (Å²) in [6, 6.07) is 1.89. The van der Waals surface area contributed by atoms with E-state index in [9.17, 15) is 14.4 Å². The zero-order chi connectivity index (χ0) is 15.0. The van der Waals surface area contributed by atoms with E-state index in [1.54, 1.807) is 31.9 Å². The van der Waals surface area contributed by atoms with Crippen LogP contribution in [-0.2, 0) is 11.3 Å². The first kappa shape index (κ1) is 14.3. The van der Waals surface area contributed by atoms with Crippen LogP contribution in [0.5, 0.6) is 0 Å². The number of hydrogen-bond donors (Lipinski definition) is 1. The number of carboxylic acid groups (broad SMARTS) is 1. The molecule has 0 aromatic carbocycles. The van der Waals surface area contributed by atoms with Gasteiger partial charge in [-0.2, -0.15) is 0 Å². The van der Waals surface area contributed by atoms with Crippen molar-refractivity contribution in [2.45, 2.75) is 39.3 Å². The number of aromatic carboxylic acids is 1. The van der Waals surface area contributed by atoms with E-state index in [2.05, 4.69) is 0 Å². The van der Waals surface area contributed by atoms with Gasteiger partial charge in [0.15, 0.2) is 0 Å².